The highest BCUT2D eigenvalue weighted by molar-refractivity contribution is 5.30. The van der Waals surface area contributed by atoms with Gasteiger partial charge in [-0.15, -0.1) is 0 Å². The van der Waals surface area contributed by atoms with Gasteiger partial charge in [0.05, 0.1) is 6.10 Å². The first-order valence-electron chi connectivity index (χ1n) is 6.17. The van der Waals surface area contributed by atoms with Crippen LogP contribution in [0, 0.1) is 0 Å². The zero-order valence-corrected chi connectivity index (χ0v) is 10.4. The molecule has 0 bridgehead atoms. The number of rotatable bonds is 4. The van der Waals surface area contributed by atoms with Gasteiger partial charge in [-0.3, -0.25) is 0 Å². The van der Waals surface area contributed by atoms with Crippen LogP contribution < -0.4 is 15.8 Å². The third-order valence-electron chi connectivity index (χ3n) is 2.87. The van der Waals surface area contributed by atoms with Gasteiger partial charge in [0.2, 0.25) is 11.8 Å². The van der Waals surface area contributed by atoms with E-state index in [9.17, 15) is 0 Å². The molecule has 1 aromatic heterocycles. The van der Waals surface area contributed by atoms with Crippen LogP contribution in [0.25, 0.3) is 0 Å². The number of nitrogens with one attached hydrogen (secondary N) is 1. The van der Waals surface area contributed by atoms with Gasteiger partial charge in [-0.25, -0.2) is 4.98 Å². The van der Waals surface area contributed by atoms with Crippen LogP contribution in [-0.4, -0.2) is 28.2 Å². The quantitative estimate of drug-likeness (QED) is 0.830. The smallest absolute Gasteiger partial charge is 0.226 e. The number of hydrogen-bond donors (Lipinski definition) is 2. The second-order valence-corrected chi connectivity index (χ2v) is 4.73. The van der Waals surface area contributed by atoms with E-state index in [-0.39, 0.29) is 18.2 Å². The van der Waals surface area contributed by atoms with Crippen LogP contribution in [0.1, 0.15) is 33.1 Å². The zero-order valence-electron chi connectivity index (χ0n) is 10.4. The molecule has 5 nitrogen and oxygen atoms in total. The average molecular weight is 236 g/mol. The van der Waals surface area contributed by atoms with Crippen molar-refractivity contribution in [3.63, 3.8) is 0 Å². The highest BCUT2D eigenvalue weighted by atomic mass is 16.5. The molecular weight excluding hydrogens is 216 g/mol. The first kappa shape index (κ1) is 12.1. The summed E-state index contributed by atoms with van der Waals surface area (Å²) >= 11 is 0. The molecule has 2 atom stereocenters. The lowest BCUT2D eigenvalue weighted by molar-refractivity contribution is 0.232. The van der Waals surface area contributed by atoms with Crippen molar-refractivity contribution in [2.75, 3.05) is 5.32 Å². The Bertz CT molecular complexity index is 369. The second kappa shape index (κ2) is 5.31. The fraction of sp³-hybridized carbons (Fsp3) is 0.667. The summed E-state index contributed by atoms with van der Waals surface area (Å²) in [6, 6.07) is 2.25. The van der Waals surface area contributed by atoms with Crippen molar-refractivity contribution in [2.45, 2.75) is 51.3 Å². The minimum absolute atomic E-state index is 0.117. The van der Waals surface area contributed by atoms with E-state index in [0.29, 0.717) is 11.8 Å². The first-order chi connectivity index (χ1) is 8.15. The summed E-state index contributed by atoms with van der Waals surface area (Å²) in [5.41, 5.74) is 6.00. The standard InChI is InChI=1S/C12H20N4O/c1-8(2)17-11-6-7-14-12(16-11)15-10-5-3-4-9(10)13/h6-10H,3-5,13H2,1-2H3,(H,14,15,16). The van der Waals surface area contributed by atoms with Crippen molar-refractivity contribution >= 4 is 5.95 Å². The first-order valence-corrected chi connectivity index (χ1v) is 6.17. The lowest BCUT2D eigenvalue weighted by atomic mass is 10.2. The van der Waals surface area contributed by atoms with Gasteiger partial charge >= 0.3 is 0 Å². The van der Waals surface area contributed by atoms with E-state index in [1.54, 1.807) is 12.3 Å². The van der Waals surface area contributed by atoms with Crippen LogP contribution in [0.15, 0.2) is 12.3 Å². The Balaban J connectivity index is 2.00. The molecular formula is C12H20N4O. The summed E-state index contributed by atoms with van der Waals surface area (Å²) in [7, 11) is 0. The van der Waals surface area contributed by atoms with E-state index in [0.717, 1.165) is 12.8 Å². The minimum Gasteiger partial charge on any atom is -0.475 e. The third kappa shape index (κ3) is 3.30. The Labute approximate surface area is 102 Å². The molecule has 0 saturated heterocycles. The van der Waals surface area contributed by atoms with Crippen LogP contribution >= 0.6 is 0 Å². The van der Waals surface area contributed by atoms with E-state index in [4.69, 9.17) is 10.5 Å². The van der Waals surface area contributed by atoms with E-state index in [1.165, 1.54) is 6.42 Å². The van der Waals surface area contributed by atoms with Gasteiger partial charge < -0.3 is 15.8 Å². The molecule has 2 unspecified atom stereocenters. The summed E-state index contributed by atoms with van der Waals surface area (Å²) < 4.78 is 5.52. The fourth-order valence-corrected chi connectivity index (χ4v) is 2.05. The number of nitrogens with two attached hydrogens (primary N) is 1. The van der Waals surface area contributed by atoms with Crippen molar-refractivity contribution < 1.29 is 4.74 Å². The number of ether oxygens (including phenoxy) is 1. The molecule has 1 aromatic rings. The Morgan fingerprint density at radius 2 is 2.29 bits per heavy atom. The van der Waals surface area contributed by atoms with Crippen molar-refractivity contribution in [2.24, 2.45) is 5.73 Å². The van der Waals surface area contributed by atoms with Gasteiger partial charge in [0.15, 0.2) is 0 Å². The summed E-state index contributed by atoms with van der Waals surface area (Å²) in [6.07, 6.45) is 5.14. The molecule has 3 N–H and O–H groups in total. The maximum atomic E-state index is 6.00. The number of nitrogens with zero attached hydrogens (tertiary/aromatic N) is 2. The summed E-state index contributed by atoms with van der Waals surface area (Å²) in [6.45, 7) is 3.95. The predicted molar refractivity (Wildman–Crippen MR) is 67.0 cm³/mol. The molecule has 0 aromatic carbocycles. The van der Waals surface area contributed by atoms with E-state index in [2.05, 4.69) is 15.3 Å². The van der Waals surface area contributed by atoms with Gasteiger partial charge in [0.1, 0.15) is 0 Å². The topological polar surface area (TPSA) is 73.1 Å². The summed E-state index contributed by atoms with van der Waals surface area (Å²) in [5, 5.41) is 3.28. The second-order valence-electron chi connectivity index (χ2n) is 4.73. The number of anilines is 1. The third-order valence-corrected chi connectivity index (χ3v) is 2.87. The van der Waals surface area contributed by atoms with Crippen LogP contribution in [-0.2, 0) is 0 Å². The molecule has 17 heavy (non-hydrogen) atoms. The van der Waals surface area contributed by atoms with Gasteiger partial charge in [-0.2, -0.15) is 4.98 Å². The Morgan fingerprint density at radius 1 is 1.47 bits per heavy atom. The maximum Gasteiger partial charge on any atom is 0.226 e. The van der Waals surface area contributed by atoms with E-state index in [1.807, 2.05) is 13.8 Å². The molecule has 94 valence electrons. The summed E-state index contributed by atoms with van der Waals surface area (Å²) in [4.78, 5) is 8.50. The lowest BCUT2D eigenvalue weighted by Gasteiger charge is -2.17. The molecule has 0 radical (unpaired) electrons. The van der Waals surface area contributed by atoms with Crippen LogP contribution in [0.5, 0.6) is 5.88 Å². The highest BCUT2D eigenvalue weighted by Gasteiger charge is 2.24. The normalized spacial score (nSPS) is 24.0. The van der Waals surface area contributed by atoms with Gasteiger partial charge in [0, 0.05) is 24.3 Å². The average Bonchev–Trinajstić information content (AvgIpc) is 2.64. The largest absolute Gasteiger partial charge is 0.475 e. The molecule has 0 aliphatic heterocycles. The van der Waals surface area contributed by atoms with Gasteiger partial charge in [-0.05, 0) is 33.1 Å². The highest BCUT2D eigenvalue weighted by Crippen LogP contribution is 2.20. The van der Waals surface area contributed by atoms with Gasteiger partial charge in [0.25, 0.3) is 0 Å². The molecule has 0 spiro atoms. The molecule has 1 aliphatic carbocycles. The van der Waals surface area contributed by atoms with Crippen LogP contribution in [0.2, 0.25) is 0 Å². The SMILES string of the molecule is CC(C)Oc1ccnc(NC2CCCC2N)n1. The van der Waals surface area contributed by atoms with Crippen molar-refractivity contribution in [3.8, 4) is 5.88 Å². The Morgan fingerprint density at radius 3 is 2.94 bits per heavy atom. The van der Waals surface area contributed by atoms with Crippen LogP contribution in [0.3, 0.4) is 0 Å². The van der Waals surface area contributed by atoms with Crippen LogP contribution in [0.4, 0.5) is 5.95 Å². The molecule has 2 rings (SSSR count). The zero-order chi connectivity index (χ0) is 12.3. The monoisotopic (exact) mass is 236 g/mol. The lowest BCUT2D eigenvalue weighted by Crippen LogP contribution is -2.35. The van der Waals surface area contributed by atoms with Crippen molar-refractivity contribution in [1.82, 2.24) is 9.97 Å². The minimum atomic E-state index is 0.117. The Hall–Kier alpha value is -1.36. The molecule has 5 heteroatoms. The number of aromatic nitrogens is 2. The molecule has 1 fully saturated rings. The van der Waals surface area contributed by atoms with E-state index >= 15 is 0 Å². The predicted octanol–water partition coefficient (Wildman–Crippen LogP) is 1.56. The molecule has 1 aliphatic rings. The summed E-state index contributed by atoms with van der Waals surface area (Å²) in [5.74, 6) is 1.20. The molecule has 1 heterocycles. The maximum absolute atomic E-state index is 6.00. The van der Waals surface area contributed by atoms with Crippen molar-refractivity contribution in [1.29, 1.82) is 0 Å². The van der Waals surface area contributed by atoms with Crippen molar-refractivity contribution in [3.05, 3.63) is 12.3 Å². The van der Waals surface area contributed by atoms with E-state index < -0.39 is 0 Å². The fourth-order valence-electron chi connectivity index (χ4n) is 2.05. The Kier molecular flexibility index (Phi) is 3.78. The van der Waals surface area contributed by atoms with Gasteiger partial charge in [-0.1, -0.05) is 0 Å². The number of hydrogen-bond acceptors (Lipinski definition) is 5. The molecule has 0 amide bonds. The molecule has 1 saturated carbocycles.